The molecule has 0 unspecified atom stereocenters. The van der Waals surface area contributed by atoms with E-state index in [1.54, 1.807) is 11.3 Å². The normalized spacial score (nSPS) is 16.6. The Morgan fingerprint density at radius 3 is 2.65 bits per heavy atom. The van der Waals surface area contributed by atoms with Crippen molar-refractivity contribution in [2.45, 2.75) is 37.5 Å². The number of carboxylic acids is 1. The molecule has 0 atom stereocenters. The van der Waals surface area contributed by atoms with Gasteiger partial charge in [0.25, 0.3) is 0 Å². The fourth-order valence-corrected chi connectivity index (χ4v) is 3.93. The quantitative estimate of drug-likeness (QED) is 0.913. The average Bonchev–Trinajstić information content (AvgIpc) is 2.85. The molecule has 1 heterocycles. The third-order valence-corrected chi connectivity index (χ3v) is 5.18. The van der Waals surface area contributed by atoms with Gasteiger partial charge in [-0.2, -0.15) is 0 Å². The van der Waals surface area contributed by atoms with Crippen LogP contribution in [-0.4, -0.2) is 16.1 Å². The Hall–Kier alpha value is -1.68. The van der Waals surface area contributed by atoms with E-state index in [0.717, 1.165) is 23.5 Å². The lowest BCUT2D eigenvalue weighted by atomic mass is 9.65. The number of hydrogen-bond donors (Lipinski definition) is 1. The topological polar surface area (TPSA) is 50.2 Å². The predicted molar refractivity (Wildman–Crippen MR) is 79.1 cm³/mol. The molecule has 104 valence electrons. The van der Waals surface area contributed by atoms with Crippen LogP contribution in [0.1, 0.15) is 41.9 Å². The summed E-state index contributed by atoms with van der Waals surface area (Å²) in [6.45, 7) is 0. The maximum absolute atomic E-state index is 10.6. The third kappa shape index (κ3) is 2.36. The van der Waals surface area contributed by atoms with Crippen LogP contribution < -0.4 is 0 Å². The monoisotopic (exact) mass is 287 g/mol. The molecule has 0 bridgehead atoms. The minimum absolute atomic E-state index is 0.0768. The van der Waals surface area contributed by atoms with Crippen molar-refractivity contribution in [1.82, 2.24) is 4.98 Å². The maximum Gasteiger partial charge on any atom is 0.303 e. The van der Waals surface area contributed by atoms with Crippen LogP contribution in [0, 0.1) is 0 Å². The van der Waals surface area contributed by atoms with Gasteiger partial charge in [-0.15, -0.1) is 11.3 Å². The zero-order valence-corrected chi connectivity index (χ0v) is 12.0. The van der Waals surface area contributed by atoms with E-state index in [4.69, 9.17) is 10.1 Å². The summed E-state index contributed by atoms with van der Waals surface area (Å²) in [5, 5.41) is 11.9. The van der Waals surface area contributed by atoms with E-state index in [2.05, 4.69) is 24.3 Å². The first-order valence-corrected chi connectivity index (χ1v) is 7.81. The van der Waals surface area contributed by atoms with Crippen molar-refractivity contribution < 1.29 is 9.90 Å². The summed E-state index contributed by atoms with van der Waals surface area (Å²) >= 11 is 1.67. The first-order chi connectivity index (χ1) is 9.71. The van der Waals surface area contributed by atoms with Crippen molar-refractivity contribution >= 4 is 17.3 Å². The summed E-state index contributed by atoms with van der Waals surface area (Å²) in [4.78, 5) is 15.3. The average molecular weight is 287 g/mol. The zero-order chi connectivity index (χ0) is 14.0. The van der Waals surface area contributed by atoms with Gasteiger partial charge in [-0.1, -0.05) is 36.8 Å². The molecule has 1 aromatic carbocycles. The standard InChI is InChI=1S/C16H17NO2S/c18-14(19)8-7-13-11-20-15(17-13)16(9-4-10-16)12-5-2-1-3-6-12/h1-3,5-6,11H,4,7-10H2,(H,18,19). The first kappa shape index (κ1) is 13.3. The largest absolute Gasteiger partial charge is 0.481 e. The lowest BCUT2D eigenvalue weighted by molar-refractivity contribution is -0.136. The van der Waals surface area contributed by atoms with Crippen molar-refractivity contribution in [2.24, 2.45) is 0 Å². The Morgan fingerprint density at radius 2 is 2.05 bits per heavy atom. The highest BCUT2D eigenvalue weighted by Crippen LogP contribution is 2.49. The molecule has 1 N–H and O–H groups in total. The summed E-state index contributed by atoms with van der Waals surface area (Å²) in [5.41, 5.74) is 2.33. The molecule has 1 fully saturated rings. The molecule has 1 aliphatic carbocycles. The Balaban J connectivity index is 1.85. The van der Waals surface area contributed by atoms with E-state index < -0.39 is 5.97 Å². The van der Waals surface area contributed by atoms with Gasteiger partial charge in [-0.25, -0.2) is 4.98 Å². The fraction of sp³-hybridized carbons (Fsp3) is 0.375. The molecule has 0 saturated heterocycles. The van der Waals surface area contributed by atoms with Gasteiger partial charge >= 0.3 is 5.97 Å². The SMILES string of the molecule is O=C(O)CCc1csc(C2(c3ccccc3)CCC2)n1. The van der Waals surface area contributed by atoms with E-state index in [0.29, 0.717) is 6.42 Å². The van der Waals surface area contributed by atoms with Crippen LogP contribution in [0.25, 0.3) is 0 Å². The van der Waals surface area contributed by atoms with Crippen LogP contribution in [0.2, 0.25) is 0 Å². The molecule has 3 rings (SSSR count). The van der Waals surface area contributed by atoms with E-state index >= 15 is 0 Å². The van der Waals surface area contributed by atoms with Crippen molar-refractivity contribution in [3.8, 4) is 0 Å². The van der Waals surface area contributed by atoms with Crippen molar-refractivity contribution in [1.29, 1.82) is 0 Å². The van der Waals surface area contributed by atoms with Crippen molar-refractivity contribution in [3.05, 3.63) is 52.0 Å². The number of carbonyl (C=O) groups is 1. The molecule has 0 aliphatic heterocycles. The second-order valence-electron chi connectivity index (χ2n) is 5.34. The van der Waals surface area contributed by atoms with Crippen LogP contribution in [0.5, 0.6) is 0 Å². The van der Waals surface area contributed by atoms with Gasteiger partial charge < -0.3 is 5.11 Å². The lowest BCUT2D eigenvalue weighted by Crippen LogP contribution is -2.35. The molecule has 0 spiro atoms. The molecule has 2 aromatic rings. The maximum atomic E-state index is 10.6. The second-order valence-corrected chi connectivity index (χ2v) is 6.20. The minimum Gasteiger partial charge on any atom is -0.481 e. The first-order valence-electron chi connectivity index (χ1n) is 6.93. The summed E-state index contributed by atoms with van der Waals surface area (Å²) in [6, 6.07) is 10.5. The zero-order valence-electron chi connectivity index (χ0n) is 11.2. The highest BCUT2D eigenvalue weighted by molar-refractivity contribution is 7.09. The number of carboxylic acid groups (broad SMARTS) is 1. The number of thiazole rings is 1. The van der Waals surface area contributed by atoms with Crippen molar-refractivity contribution in [2.75, 3.05) is 0 Å². The number of hydrogen-bond acceptors (Lipinski definition) is 3. The highest BCUT2D eigenvalue weighted by atomic mass is 32.1. The number of aliphatic carboxylic acids is 1. The number of rotatable bonds is 5. The van der Waals surface area contributed by atoms with Crippen molar-refractivity contribution in [3.63, 3.8) is 0 Å². The predicted octanol–water partition coefficient (Wildman–Crippen LogP) is 3.63. The molecule has 3 nitrogen and oxygen atoms in total. The molecule has 1 aromatic heterocycles. The Kier molecular flexibility index (Phi) is 3.57. The van der Waals surface area contributed by atoms with E-state index in [9.17, 15) is 4.79 Å². The summed E-state index contributed by atoms with van der Waals surface area (Å²) in [5.74, 6) is -0.763. The van der Waals surface area contributed by atoms with Gasteiger partial charge in [0.2, 0.25) is 0 Å². The molecule has 1 aliphatic rings. The molecule has 4 heteroatoms. The fourth-order valence-electron chi connectivity index (χ4n) is 2.79. The molecule has 1 saturated carbocycles. The highest BCUT2D eigenvalue weighted by Gasteiger charge is 2.42. The summed E-state index contributed by atoms with van der Waals surface area (Å²) < 4.78 is 0. The molecular weight excluding hydrogens is 270 g/mol. The van der Waals surface area contributed by atoms with E-state index in [1.807, 2.05) is 11.4 Å². The van der Waals surface area contributed by atoms with Gasteiger partial charge in [0.05, 0.1) is 12.1 Å². The lowest BCUT2D eigenvalue weighted by Gasteiger charge is -2.40. The number of benzene rings is 1. The molecule has 0 amide bonds. The Bertz CT molecular complexity index is 602. The number of nitrogens with zero attached hydrogens (tertiary/aromatic N) is 1. The van der Waals surface area contributed by atoms with Crippen LogP contribution in [-0.2, 0) is 16.6 Å². The summed E-state index contributed by atoms with van der Waals surface area (Å²) in [6.07, 6.45) is 4.20. The second kappa shape index (κ2) is 5.37. The van der Waals surface area contributed by atoms with E-state index in [1.165, 1.54) is 12.0 Å². The van der Waals surface area contributed by atoms with E-state index in [-0.39, 0.29) is 11.8 Å². The van der Waals surface area contributed by atoms with Crippen LogP contribution >= 0.6 is 11.3 Å². The van der Waals surface area contributed by atoms with Gasteiger partial charge in [-0.3, -0.25) is 4.79 Å². The molecular formula is C16H17NO2S. The van der Waals surface area contributed by atoms with Crippen LogP contribution in [0.3, 0.4) is 0 Å². The van der Waals surface area contributed by atoms with Gasteiger partial charge in [0.1, 0.15) is 5.01 Å². The minimum atomic E-state index is -0.763. The van der Waals surface area contributed by atoms with Gasteiger partial charge in [-0.05, 0) is 18.4 Å². The van der Waals surface area contributed by atoms with Crippen LogP contribution in [0.15, 0.2) is 35.7 Å². The molecule has 0 radical (unpaired) electrons. The van der Waals surface area contributed by atoms with Gasteiger partial charge in [0.15, 0.2) is 0 Å². The number of aromatic nitrogens is 1. The van der Waals surface area contributed by atoms with Crippen LogP contribution in [0.4, 0.5) is 0 Å². The number of aryl methyl sites for hydroxylation is 1. The summed E-state index contributed by atoms with van der Waals surface area (Å²) in [7, 11) is 0. The Morgan fingerprint density at radius 1 is 1.30 bits per heavy atom. The Labute approximate surface area is 122 Å². The van der Waals surface area contributed by atoms with Gasteiger partial charge in [0, 0.05) is 17.2 Å². The third-order valence-electron chi connectivity index (χ3n) is 4.09. The smallest absolute Gasteiger partial charge is 0.303 e. The molecule has 20 heavy (non-hydrogen) atoms.